The van der Waals surface area contributed by atoms with Crippen molar-refractivity contribution in [2.24, 2.45) is 4.99 Å². The highest BCUT2D eigenvalue weighted by Crippen LogP contribution is 2.18. The number of hydrogen-bond acceptors (Lipinski definition) is 4. The maximum Gasteiger partial charge on any atom is 0.226 e. The van der Waals surface area contributed by atoms with Gasteiger partial charge in [-0.1, -0.05) is 25.1 Å². The molecule has 26 heavy (non-hydrogen) atoms. The van der Waals surface area contributed by atoms with Crippen LogP contribution in [0.15, 0.2) is 62.8 Å². The van der Waals surface area contributed by atoms with Gasteiger partial charge in [0.2, 0.25) is 5.89 Å². The van der Waals surface area contributed by atoms with E-state index in [1.165, 1.54) is 5.56 Å². The average molecular weight is 482 g/mol. The van der Waals surface area contributed by atoms with Crippen LogP contribution in [0, 0.1) is 0 Å². The molecule has 0 aliphatic heterocycles. The third-order valence-electron chi connectivity index (χ3n) is 3.92. The smallest absolute Gasteiger partial charge is 0.226 e. The van der Waals surface area contributed by atoms with Gasteiger partial charge in [0.05, 0.1) is 12.2 Å². The van der Waals surface area contributed by atoms with Gasteiger partial charge in [0.15, 0.2) is 5.96 Å². The summed E-state index contributed by atoms with van der Waals surface area (Å²) in [5.41, 5.74) is 3.16. The molecule has 3 rings (SSSR count). The lowest BCUT2D eigenvalue weighted by molar-refractivity contribution is 0.572. The first-order valence-electron chi connectivity index (χ1n) is 8.22. The van der Waals surface area contributed by atoms with Crippen LogP contribution >= 0.6 is 35.3 Å². The van der Waals surface area contributed by atoms with E-state index in [1.54, 1.807) is 24.6 Å². The fourth-order valence-corrected chi connectivity index (χ4v) is 3.20. The first kappa shape index (κ1) is 20.4. The van der Waals surface area contributed by atoms with E-state index in [-0.39, 0.29) is 24.0 Å². The molecular weight excluding hydrogens is 459 g/mol. The highest BCUT2D eigenvalue weighted by molar-refractivity contribution is 14.0. The lowest BCUT2D eigenvalue weighted by atomic mass is 10.1. The lowest BCUT2D eigenvalue weighted by Crippen LogP contribution is -2.38. The predicted octanol–water partition coefficient (Wildman–Crippen LogP) is 4.49. The minimum absolute atomic E-state index is 0. The van der Waals surface area contributed by atoms with E-state index in [1.807, 2.05) is 30.3 Å². The summed E-state index contributed by atoms with van der Waals surface area (Å²) < 4.78 is 5.55. The number of guanidine groups is 1. The van der Waals surface area contributed by atoms with Gasteiger partial charge in [0.25, 0.3) is 0 Å². The van der Waals surface area contributed by atoms with Gasteiger partial charge in [-0.25, -0.2) is 4.98 Å². The molecule has 7 heteroatoms. The van der Waals surface area contributed by atoms with Crippen LogP contribution < -0.4 is 10.6 Å². The zero-order valence-corrected chi connectivity index (χ0v) is 18.0. The number of nitrogens with zero attached hydrogens (tertiary/aromatic N) is 2. The highest BCUT2D eigenvalue weighted by atomic mass is 127. The first-order chi connectivity index (χ1) is 12.3. The topological polar surface area (TPSA) is 62.5 Å². The van der Waals surface area contributed by atoms with E-state index < -0.39 is 0 Å². The number of oxazole rings is 1. The molecule has 2 heterocycles. The summed E-state index contributed by atoms with van der Waals surface area (Å²) in [6, 6.07) is 12.0. The molecule has 0 saturated heterocycles. The van der Waals surface area contributed by atoms with Crippen molar-refractivity contribution in [3.8, 4) is 11.5 Å². The third kappa shape index (κ3) is 5.57. The van der Waals surface area contributed by atoms with E-state index >= 15 is 0 Å². The molecule has 2 N–H and O–H groups in total. The zero-order chi connectivity index (χ0) is 17.5. The molecule has 0 radical (unpaired) electrons. The average Bonchev–Trinajstić information content (AvgIpc) is 3.34. The first-order valence-corrected chi connectivity index (χ1v) is 9.17. The molecule has 0 aliphatic carbocycles. The molecule has 0 saturated carbocycles. The second-order valence-electron chi connectivity index (χ2n) is 5.77. The van der Waals surface area contributed by atoms with Crippen LogP contribution in [0.4, 0.5) is 0 Å². The summed E-state index contributed by atoms with van der Waals surface area (Å²) >= 11 is 1.72. The molecule has 138 valence electrons. The molecule has 3 aromatic rings. The number of hydrogen-bond donors (Lipinski definition) is 2. The van der Waals surface area contributed by atoms with Crippen LogP contribution in [0.3, 0.4) is 0 Å². The fraction of sp³-hybridized carbons (Fsp3) is 0.263. The Balaban J connectivity index is 0.00000243. The molecule has 1 unspecified atom stereocenters. The molecule has 5 nitrogen and oxygen atoms in total. The summed E-state index contributed by atoms with van der Waals surface area (Å²) in [6.07, 6.45) is 1.68. The number of halogens is 1. The van der Waals surface area contributed by atoms with Gasteiger partial charge in [-0.05, 0) is 40.4 Å². The van der Waals surface area contributed by atoms with Crippen molar-refractivity contribution in [2.75, 3.05) is 13.6 Å². The minimum Gasteiger partial charge on any atom is -0.444 e. The molecule has 0 amide bonds. The van der Waals surface area contributed by atoms with Crippen molar-refractivity contribution in [3.63, 3.8) is 0 Å². The van der Waals surface area contributed by atoms with E-state index in [0.717, 1.165) is 23.8 Å². The van der Waals surface area contributed by atoms with Crippen molar-refractivity contribution in [1.29, 1.82) is 0 Å². The van der Waals surface area contributed by atoms with Crippen molar-refractivity contribution in [1.82, 2.24) is 15.6 Å². The Kier molecular flexibility index (Phi) is 8.11. The van der Waals surface area contributed by atoms with Crippen LogP contribution in [-0.2, 0) is 6.54 Å². The molecular formula is C19H23IN4OS. The largest absolute Gasteiger partial charge is 0.444 e. The number of nitrogens with one attached hydrogen (secondary N) is 2. The number of benzene rings is 1. The quantitative estimate of drug-likeness (QED) is 0.309. The molecule has 1 aromatic carbocycles. The third-order valence-corrected chi connectivity index (χ3v) is 4.62. The van der Waals surface area contributed by atoms with Crippen LogP contribution in [0.25, 0.3) is 11.5 Å². The van der Waals surface area contributed by atoms with E-state index in [9.17, 15) is 0 Å². The van der Waals surface area contributed by atoms with Crippen LogP contribution in [0.5, 0.6) is 0 Å². The van der Waals surface area contributed by atoms with Crippen LogP contribution in [0.2, 0.25) is 0 Å². The second-order valence-corrected chi connectivity index (χ2v) is 6.55. The van der Waals surface area contributed by atoms with Gasteiger partial charge in [0, 0.05) is 19.2 Å². The minimum atomic E-state index is 0. The fourth-order valence-electron chi connectivity index (χ4n) is 2.42. The highest BCUT2D eigenvalue weighted by Gasteiger charge is 2.09. The van der Waals surface area contributed by atoms with Crippen molar-refractivity contribution in [2.45, 2.75) is 19.4 Å². The molecule has 0 aliphatic rings. The van der Waals surface area contributed by atoms with Crippen LogP contribution in [0.1, 0.15) is 24.1 Å². The molecule has 0 spiro atoms. The van der Waals surface area contributed by atoms with Gasteiger partial charge in [-0.3, -0.25) is 4.99 Å². The number of aromatic nitrogens is 1. The summed E-state index contributed by atoms with van der Waals surface area (Å²) in [7, 11) is 1.77. The number of thiophene rings is 1. The Morgan fingerprint density at radius 2 is 2.04 bits per heavy atom. The number of aliphatic imine (C=N–C) groups is 1. The zero-order valence-electron chi connectivity index (χ0n) is 14.8. The Hall–Kier alpha value is -1.87. The summed E-state index contributed by atoms with van der Waals surface area (Å²) in [6.45, 7) is 3.58. The normalized spacial score (nSPS) is 12.3. The monoisotopic (exact) mass is 482 g/mol. The standard InChI is InChI=1S/C19H22N4OS.HI/c1-14(16-8-9-25-13-16)10-21-19(20-2)22-11-17-12-24-18(23-17)15-6-4-3-5-7-15;/h3-9,12-14H,10-11H2,1-2H3,(H2,20,21,22);1H. The van der Waals surface area contributed by atoms with Crippen LogP contribution in [-0.4, -0.2) is 24.5 Å². The summed E-state index contributed by atoms with van der Waals surface area (Å²) in [4.78, 5) is 8.77. The lowest BCUT2D eigenvalue weighted by Gasteiger charge is -2.14. The maximum atomic E-state index is 5.55. The van der Waals surface area contributed by atoms with E-state index in [0.29, 0.717) is 18.4 Å². The van der Waals surface area contributed by atoms with Gasteiger partial charge in [-0.2, -0.15) is 11.3 Å². The molecule has 2 aromatic heterocycles. The van der Waals surface area contributed by atoms with Crippen molar-refractivity contribution < 1.29 is 4.42 Å². The van der Waals surface area contributed by atoms with Gasteiger partial charge in [0.1, 0.15) is 6.26 Å². The Morgan fingerprint density at radius 1 is 1.23 bits per heavy atom. The Bertz CT molecular complexity index is 802. The van der Waals surface area contributed by atoms with Crippen molar-refractivity contribution in [3.05, 3.63) is 64.7 Å². The summed E-state index contributed by atoms with van der Waals surface area (Å²) in [5, 5.41) is 10.9. The maximum absolute atomic E-state index is 5.55. The molecule has 1 atom stereocenters. The predicted molar refractivity (Wildman–Crippen MR) is 118 cm³/mol. The number of rotatable bonds is 6. The van der Waals surface area contributed by atoms with E-state index in [4.69, 9.17) is 4.42 Å². The summed E-state index contributed by atoms with van der Waals surface area (Å²) in [5.74, 6) is 1.82. The Morgan fingerprint density at radius 3 is 2.73 bits per heavy atom. The Labute approximate surface area is 175 Å². The second kappa shape index (κ2) is 10.3. The van der Waals surface area contributed by atoms with Gasteiger partial charge < -0.3 is 15.1 Å². The molecule has 0 bridgehead atoms. The van der Waals surface area contributed by atoms with Crippen molar-refractivity contribution >= 4 is 41.3 Å². The van der Waals surface area contributed by atoms with Gasteiger partial charge in [-0.15, -0.1) is 24.0 Å². The van der Waals surface area contributed by atoms with Gasteiger partial charge >= 0.3 is 0 Å². The molecule has 0 fully saturated rings. The van der Waals surface area contributed by atoms with E-state index in [2.05, 4.69) is 44.4 Å². The SMILES string of the molecule is CN=C(NCc1coc(-c2ccccc2)n1)NCC(C)c1ccsc1.I.